The van der Waals surface area contributed by atoms with Crippen molar-refractivity contribution in [3.63, 3.8) is 0 Å². The van der Waals surface area contributed by atoms with E-state index in [1.807, 2.05) is 4.90 Å². The Kier molecular flexibility index (Phi) is 5.10. The zero-order chi connectivity index (χ0) is 17.9. The molecule has 2 aromatic rings. The highest BCUT2D eigenvalue weighted by atomic mass is 32.2. The number of carbonyl (C=O) groups excluding carboxylic acids is 1. The number of rotatable bonds is 6. The summed E-state index contributed by atoms with van der Waals surface area (Å²) in [6.45, 7) is 2.54. The molecule has 1 aliphatic rings. The summed E-state index contributed by atoms with van der Waals surface area (Å²) >= 11 is 0. The van der Waals surface area contributed by atoms with Crippen molar-refractivity contribution >= 4 is 21.8 Å². The minimum absolute atomic E-state index is 0.0219. The molecule has 0 radical (unpaired) electrons. The largest absolute Gasteiger partial charge is 0.337 e. The van der Waals surface area contributed by atoms with E-state index in [4.69, 9.17) is 0 Å². The Balaban J connectivity index is 1.68. The Hall–Kier alpha value is -2.32. The van der Waals surface area contributed by atoms with Crippen LogP contribution in [0.15, 0.2) is 47.6 Å². The van der Waals surface area contributed by atoms with Gasteiger partial charge >= 0.3 is 0 Å². The van der Waals surface area contributed by atoms with Crippen molar-refractivity contribution in [2.75, 3.05) is 18.0 Å². The van der Waals surface area contributed by atoms with Gasteiger partial charge in [0, 0.05) is 37.1 Å². The summed E-state index contributed by atoms with van der Waals surface area (Å²) in [5, 5.41) is 0. The Morgan fingerprint density at radius 1 is 1.24 bits per heavy atom. The van der Waals surface area contributed by atoms with E-state index < -0.39 is 10.0 Å². The molecular weight excluding hydrogens is 340 g/mol. The van der Waals surface area contributed by atoms with Gasteiger partial charge in [0.25, 0.3) is 0 Å². The molecule has 1 unspecified atom stereocenters. The first kappa shape index (κ1) is 17.5. The molecule has 0 spiro atoms. The highest BCUT2D eigenvalue weighted by Gasteiger charge is 2.28. The minimum Gasteiger partial charge on any atom is -0.337 e. The van der Waals surface area contributed by atoms with E-state index in [1.54, 1.807) is 18.5 Å². The highest BCUT2D eigenvalue weighted by Crippen LogP contribution is 2.22. The van der Waals surface area contributed by atoms with Gasteiger partial charge < -0.3 is 4.90 Å². The number of benzene rings is 1. The number of ketones is 1. The molecule has 0 saturated carbocycles. The standard InChI is InChI=1S/C17H20N4O3S/c1-13(22)14-5-7-16(8-6-14)25(23,24)20-12-15-4-2-11-21(15)17-18-9-3-10-19-17/h3,5-10,15,20H,2,4,11-12H2,1H3. The molecule has 1 saturated heterocycles. The molecule has 0 amide bonds. The lowest BCUT2D eigenvalue weighted by molar-refractivity contribution is 0.101. The number of aromatic nitrogens is 2. The van der Waals surface area contributed by atoms with E-state index in [0.29, 0.717) is 11.5 Å². The van der Waals surface area contributed by atoms with Crippen LogP contribution in [0, 0.1) is 0 Å². The fourth-order valence-corrected chi connectivity index (χ4v) is 3.98. The molecule has 1 aromatic carbocycles. The van der Waals surface area contributed by atoms with Crippen LogP contribution in [-0.4, -0.2) is 43.3 Å². The monoisotopic (exact) mass is 360 g/mol. The summed E-state index contributed by atoms with van der Waals surface area (Å²) in [5.74, 6) is 0.524. The Morgan fingerprint density at radius 3 is 2.56 bits per heavy atom. The zero-order valence-electron chi connectivity index (χ0n) is 13.9. The number of Topliss-reactive ketones (excluding diaryl/α,β-unsaturated/α-hetero) is 1. The zero-order valence-corrected chi connectivity index (χ0v) is 14.7. The lowest BCUT2D eigenvalue weighted by Crippen LogP contribution is -2.40. The molecule has 2 heterocycles. The number of hydrogen-bond donors (Lipinski definition) is 1. The molecule has 1 atom stereocenters. The molecule has 7 nitrogen and oxygen atoms in total. The van der Waals surface area contributed by atoms with Crippen LogP contribution < -0.4 is 9.62 Å². The Labute approximate surface area is 147 Å². The number of sulfonamides is 1. The molecule has 1 fully saturated rings. The van der Waals surface area contributed by atoms with E-state index >= 15 is 0 Å². The average molecular weight is 360 g/mol. The summed E-state index contributed by atoms with van der Waals surface area (Å²) in [6.07, 6.45) is 5.21. The SMILES string of the molecule is CC(=O)c1ccc(S(=O)(=O)NCC2CCCN2c2ncccn2)cc1. The minimum atomic E-state index is -3.62. The molecule has 1 aromatic heterocycles. The normalized spacial score (nSPS) is 17.6. The van der Waals surface area contributed by atoms with Crippen LogP contribution in [0.1, 0.15) is 30.1 Å². The first-order valence-electron chi connectivity index (χ1n) is 8.12. The average Bonchev–Trinajstić information content (AvgIpc) is 3.09. The van der Waals surface area contributed by atoms with Gasteiger partial charge in [0.2, 0.25) is 16.0 Å². The maximum atomic E-state index is 12.5. The third-order valence-electron chi connectivity index (χ3n) is 4.27. The highest BCUT2D eigenvalue weighted by molar-refractivity contribution is 7.89. The third kappa shape index (κ3) is 4.02. The first-order valence-corrected chi connectivity index (χ1v) is 9.60. The van der Waals surface area contributed by atoms with Gasteiger partial charge in [0.05, 0.1) is 4.90 Å². The molecule has 0 bridgehead atoms. The lowest BCUT2D eigenvalue weighted by Gasteiger charge is -2.24. The van der Waals surface area contributed by atoms with Crippen molar-refractivity contribution in [3.05, 3.63) is 48.3 Å². The van der Waals surface area contributed by atoms with Crippen LogP contribution in [0.25, 0.3) is 0 Å². The fraction of sp³-hybridized carbons (Fsp3) is 0.353. The quantitative estimate of drug-likeness (QED) is 0.787. The van der Waals surface area contributed by atoms with E-state index in [1.165, 1.54) is 31.2 Å². The molecule has 8 heteroatoms. The van der Waals surface area contributed by atoms with Crippen LogP contribution in [0.2, 0.25) is 0 Å². The topological polar surface area (TPSA) is 92.3 Å². The summed E-state index contributed by atoms with van der Waals surface area (Å²) in [5.41, 5.74) is 0.488. The number of hydrogen-bond acceptors (Lipinski definition) is 6. The Bertz CT molecular complexity index is 838. The van der Waals surface area contributed by atoms with Crippen molar-refractivity contribution in [1.29, 1.82) is 0 Å². The smallest absolute Gasteiger partial charge is 0.240 e. The van der Waals surface area contributed by atoms with Gasteiger partial charge in [0.15, 0.2) is 5.78 Å². The first-order chi connectivity index (χ1) is 12.0. The van der Waals surface area contributed by atoms with Crippen LogP contribution in [-0.2, 0) is 10.0 Å². The predicted molar refractivity (Wildman–Crippen MR) is 94.0 cm³/mol. The number of anilines is 1. The van der Waals surface area contributed by atoms with Crippen molar-refractivity contribution < 1.29 is 13.2 Å². The molecule has 25 heavy (non-hydrogen) atoms. The van der Waals surface area contributed by atoms with Gasteiger partial charge in [0.1, 0.15) is 0 Å². The van der Waals surface area contributed by atoms with Crippen molar-refractivity contribution in [1.82, 2.24) is 14.7 Å². The molecule has 1 N–H and O–H groups in total. The summed E-state index contributed by atoms with van der Waals surface area (Å²) in [7, 11) is -3.62. The van der Waals surface area contributed by atoms with Gasteiger partial charge in [-0.3, -0.25) is 4.79 Å². The number of nitrogens with one attached hydrogen (secondary N) is 1. The fourth-order valence-electron chi connectivity index (χ4n) is 2.91. The number of carbonyl (C=O) groups is 1. The molecule has 132 valence electrons. The van der Waals surface area contributed by atoms with Crippen LogP contribution in [0.5, 0.6) is 0 Å². The maximum absolute atomic E-state index is 12.5. The predicted octanol–water partition coefficient (Wildman–Crippen LogP) is 1.63. The Morgan fingerprint density at radius 2 is 1.92 bits per heavy atom. The lowest BCUT2D eigenvalue weighted by atomic mass is 10.2. The second-order valence-electron chi connectivity index (χ2n) is 5.97. The van der Waals surface area contributed by atoms with Gasteiger partial charge in [-0.1, -0.05) is 12.1 Å². The van der Waals surface area contributed by atoms with E-state index in [9.17, 15) is 13.2 Å². The van der Waals surface area contributed by atoms with Crippen molar-refractivity contribution in [2.45, 2.75) is 30.7 Å². The van der Waals surface area contributed by atoms with Crippen molar-refractivity contribution in [3.8, 4) is 0 Å². The van der Waals surface area contributed by atoms with Crippen LogP contribution in [0.3, 0.4) is 0 Å². The number of nitrogens with zero attached hydrogens (tertiary/aromatic N) is 3. The van der Waals surface area contributed by atoms with Gasteiger partial charge in [-0.2, -0.15) is 0 Å². The van der Waals surface area contributed by atoms with E-state index in [0.717, 1.165) is 19.4 Å². The van der Waals surface area contributed by atoms with Crippen LogP contribution >= 0.6 is 0 Å². The van der Waals surface area contributed by atoms with Gasteiger partial charge in [-0.15, -0.1) is 0 Å². The van der Waals surface area contributed by atoms with Crippen molar-refractivity contribution in [2.24, 2.45) is 0 Å². The molecule has 1 aliphatic heterocycles. The second-order valence-corrected chi connectivity index (χ2v) is 7.74. The molecular formula is C17H20N4O3S. The third-order valence-corrected chi connectivity index (χ3v) is 5.71. The van der Waals surface area contributed by atoms with E-state index in [2.05, 4.69) is 14.7 Å². The maximum Gasteiger partial charge on any atom is 0.240 e. The van der Waals surface area contributed by atoms with Gasteiger partial charge in [-0.25, -0.2) is 23.1 Å². The van der Waals surface area contributed by atoms with Gasteiger partial charge in [-0.05, 0) is 38.0 Å². The summed E-state index contributed by atoms with van der Waals surface area (Å²) < 4.78 is 27.6. The van der Waals surface area contributed by atoms with E-state index in [-0.39, 0.29) is 23.3 Å². The molecule has 3 rings (SSSR count). The summed E-state index contributed by atoms with van der Waals surface area (Å²) in [6, 6.07) is 7.72. The summed E-state index contributed by atoms with van der Waals surface area (Å²) in [4.78, 5) is 22.0. The molecule has 0 aliphatic carbocycles. The van der Waals surface area contributed by atoms with Crippen LogP contribution in [0.4, 0.5) is 5.95 Å². The second kappa shape index (κ2) is 7.28.